The van der Waals surface area contributed by atoms with Crippen LogP contribution in [-0.4, -0.2) is 43.4 Å². The standard InChI is InChI=1S/C28H28ClFN2O4S/c1-31-26(18-8-4-2-5-9-18)17-32(20-10-6-3-7-11-20)25-16-23(29)21(15-27(25)37(31,35)36)19-12-13-24(30)22(14-19)28(33)34/h3,6-7,10-16,18,26H,2,4-5,8-9,17H2,1H3,(H,33,34)/t26-/m0/s1. The van der Waals surface area contributed by atoms with Gasteiger partial charge in [0.15, 0.2) is 0 Å². The summed E-state index contributed by atoms with van der Waals surface area (Å²) < 4.78 is 43.7. The fourth-order valence-electron chi connectivity index (χ4n) is 5.59. The highest BCUT2D eigenvalue weighted by molar-refractivity contribution is 7.89. The molecule has 1 heterocycles. The molecule has 0 unspecified atom stereocenters. The molecule has 0 amide bonds. The first-order valence-corrected chi connectivity index (χ1v) is 14.2. The van der Waals surface area contributed by atoms with Crippen molar-refractivity contribution in [2.75, 3.05) is 18.5 Å². The van der Waals surface area contributed by atoms with Gasteiger partial charge in [-0.2, -0.15) is 4.31 Å². The first-order valence-electron chi connectivity index (χ1n) is 12.4. The summed E-state index contributed by atoms with van der Waals surface area (Å²) in [4.78, 5) is 13.6. The maximum Gasteiger partial charge on any atom is 0.338 e. The van der Waals surface area contributed by atoms with Crippen LogP contribution in [0.3, 0.4) is 0 Å². The van der Waals surface area contributed by atoms with Gasteiger partial charge in [-0.15, -0.1) is 0 Å². The molecule has 1 aliphatic heterocycles. The number of rotatable bonds is 4. The van der Waals surface area contributed by atoms with Gasteiger partial charge in [0.05, 0.1) is 16.3 Å². The molecule has 0 saturated heterocycles. The number of para-hydroxylation sites is 1. The van der Waals surface area contributed by atoms with E-state index >= 15 is 0 Å². The van der Waals surface area contributed by atoms with Crippen LogP contribution in [0.1, 0.15) is 42.5 Å². The van der Waals surface area contributed by atoms with Crippen molar-refractivity contribution >= 4 is 39.0 Å². The maximum atomic E-state index is 14.1. The van der Waals surface area contributed by atoms with Gasteiger partial charge in [0.2, 0.25) is 10.0 Å². The van der Waals surface area contributed by atoms with Crippen molar-refractivity contribution in [1.29, 1.82) is 0 Å². The van der Waals surface area contributed by atoms with Crippen molar-refractivity contribution < 1.29 is 22.7 Å². The highest BCUT2D eigenvalue weighted by Crippen LogP contribution is 2.44. The first-order chi connectivity index (χ1) is 17.7. The molecule has 3 aromatic carbocycles. The van der Waals surface area contributed by atoms with Crippen LogP contribution in [0.2, 0.25) is 5.02 Å². The molecule has 0 aromatic heterocycles. The van der Waals surface area contributed by atoms with Crippen molar-refractivity contribution in [3.05, 3.63) is 77.1 Å². The molecule has 3 aromatic rings. The van der Waals surface area contributed by atoms with Crippen LogP contribution in [0.4, 0.5) is 15.8 Å². The minimum atomic E-state index is -3.94. The van der Waals surface area contributed by atoms with Crippen molar-refractivity contribution in [2.45, 2.75) is 43.0 Å². The van der Waals surface area contributed by atoms with Gasteiger partial charge in [-0.1, -0.05) is 55.1 Å². The SMILES string of the molecule is CN1[C@H](C2CCCCC2)CN(c2ccccc2)c2cc(Cl)c(-c3ccc(F)c(C(=O)O)c3)cc2S1(=O)=O. The average molecular weight is 543 g/mol. The van der Waals surface area contributed by atoms with Crippen LogP contribution >= 0.6 is 11.6 Å². The Kier molecular flexibility index (Phi) is 7.00. The third-order valence-electron chi connectivity index (χ3n) is 7.60. The lowest BCUT2D eigenvalue weighted by molar-refractivity contribution is 0.0692. The van der Waals surface area contributed by atoms with Gasteiger partial charge in [-0.25, -0.2) is 17.6 Å². The van der Waals surface area contributed by atoms with Gasteiger partial charge in [0.25, 0.3) is 0 Å². The number of anilines is 2. The van der Waals surface area contributed by atoms with Gasteiger partial charge in [-0.3, -0.25) is 0 Å². The molecule has 1 fully saturated rings. The van der Waals surface area contributed by atoms with E-state index in [9.17, 15) is 22.7 Å². The van der Waals surface area contributed by atoms with Crippen molar-refractivity contribution in [2.24, 2.45) is 5.92 Å². The molecule has 9 heteroatoms. The Hall–Kier alpha value is -2.94. The molecule has 0 spiro atoms. The summed E-state index contributed by atoms with van der Waals surface area (Å²) >= 11 is 6.71. The summed E-state index contributed by atoms with van der Waals surface area (Å²) in [5.74, 6) is -2.05. The molecule has 1 atom stereocenters. The lowest BCUT2D eigenvalue weighted by Gasteiger charge is -2.36. The highest BCUT2D eigenvalue weighted by Gasteiger charge is 2.41. The zero-order valence-corrected chi connectivity index (χ0v) is 22.0. The van der Waals surface area contributed by atoms with E-state index in [1.54, 1.807) is 13.1 Å². The van der Waals surface area contributed by atoms with E-state index in [-0.39, 0.29) is 21.9 Å². The maximum absolute atomic E-state index is 14.1. The zero-order valence-electron chi connectivity index (χ0n) is 20.4. The number of nitrogens with zero attached hydrogens (tertiary/aromatic N) is 2. The monoisotopic (exact) mass is 542 g/mol. The number of carbonyl (C=O) groups is 1. The largest absolute Gasteiger partial charge is 0.478 e. The fourth-order valence-corrected chi connectivity index (χ4v) is 7.46. The lowest BCUT2D eigenvalue weighted by Crippen LogP contribution is -2.46. The van der Waals surface area contributed by atoms with Gasteiger partial charge in [0.1, 0.15) is 10.7 Å². The summed E-state index contributed by atoms with van der Waals surface area (Å²) in [5.41, 5.74) is 1.46. The summed E-state index contributed by atoms with van der Waals surface area (Å²) in [5, 5.41) is 9.63. The molecule has 0 bridgehead atoms. The lowest BCUT2D eigenvalue weighted by atomic mass is 9.83. The number of benzene rings is 3. The Balaban J connectivity index is 1.71. The van der Waals surface area contributed by atoms with Crippen LogP contribution in [0, 0.1) is 11.7 Å². The van der Waals surface area contributed by atoms with Crippen LogP contribution in [0.5, 0.6) is 0 Å². The van der Waals surface area contributed by atoms with Crippen LogP contribution in [0.15, 0.2) is 65.6 Å². The number of hydrogen-bond donors (Lipinski definition) is 1. The predicted octanol–water partition coefficient (Wildman–Crippen LogP) is 6.57. The molecule has 37 heavy (non-hydrogen) atoms. The van der Waals surface area contributed by atoms with Gasteiger partial charge >= 0.3 is 5.97 Å². The molecular formula is C28H28ClFN2O4S. The second-order valence-electron chi connectivity index (χ2n) is 9.73. The first kappa shape index (κ1) is 25.7. The predicted molar refractivity (Wildman–Crippen MR) is 143 cm³/mol. The third kappa shape index (κ3) is 4.74. The molecule has 194 valence electrons. The van der Waals surface area contributed by atoms with E-state index in [4.69, 9.17) is 11.6 Å². The van der Waals surface area contributed by atoms with Crippen LogP contribution in [-0.2, 0) is 10.0 Å². The Morgan fingerprint density at radius 1 is 1.03 bits per heavy atom. The van der Waals surface area contributed by atoms with Crippen molar-refractivity contribution in [1.82, 2.24) is 4.31 Å². The normalized spacial score (nSPS) is 20.3. The Morgan fingerprint density at radius 3 is 2.41 bits per heavy atom. The summed E-state index contributed by atoms with van der Waals surface area (Å²) in [6.07, 6.45) is 5.28. The van der Waals surface area contributed by atoms with Gasteiger partial charge < -0.3 is 10.0 Å². The number of hydrogen-bond acceptors (Lipinski definition) is 4. The number of carboxylic acids is 1. The quantitative estimate of drug-likeness (QED) is 0.403. The molecule has 1 saturated carbocycles. The van der Waals surface area contributed by atoms with Crippen molar-refractivity contribution in [3.63, 3.8) is 0 Å². The van der Waals surface area contributed by atoms with E-state index in [1.807, 2.05) is 35.2 Å². The van der Waals surface area contributed by atoms with Crippen LogP contribution < -0.4 is 4.90 Å². The molecule has 1 aliphatic carbocycles. The number of aromatic carboxylic acids is 1. The highest BCUT2D eigenvalue weighted by atomic mass is 35.5. The van der Waals surface area contributed by atoms with Crippen molar-refractivity contribution in [3.8, 4) is 11.1 Å². The molecule has 0 radical (unpaired) electrons. The Labute approximate surface area is 221 Å². The molecule has 2 aliphatic rings. The summed E-state index contributed by atoms with van der Waals surface area (Å²) in [6.45, 7) is 0.479. The average Bonchev–Trinajstić information content (AvgIpc) is 2.97. The van der Waals surface area contributed by atoms with E-state index in [0.29, 0.717) is 23.4 Å². The van der Waals surface area contributed by atoms with E-state index in [2.05, 4.69) is 0 Å². The van der Waals surface area contributed by atoms with Gasteiger partial charge in [-0.05, 0) is 60.7 Å². The number of sulfonamides is 1. The summed E-state index contributed by atoms with van der Waals surface area (Å²) in [7, 11) is -2.30. The Bertz CT molecular complexity index is 1440. The topological polar surface area (TPSA) is 77.9 Å². The molecular weight excluding hydrogens is 515 g/mol. The minimum Gasteiger partial charge on any atom is -0.478 e. The third-order valence-corrected chi connectivity index (χ3v) is 9.83. The number of likely N-dealkylation sites (N-methyl/N-ethyl adjacent to an activating group) is 1. The summed E-state index contributed by atoms with van der Waals surface area (Å²) in [6, 6.07) is 16.1. The number of fused-ring (bicyclic) bond motifs is 1. The molecule has 6 nitrogen and oxygen atoms in total. The van der Waals surface area contributed by atoms with Crippen LogP contribution in [0.25, 0.3) is 11.1 Å². The molecule has 5 rings (SSSR count). The fraction of sp³-hybridized carbons (Fsp3) is 0.321. The number of halogens is 2. The second kappa shape index (κ2) is 10.1. The smallest absolute Gasteiger partial charge is 0.338 e. The van der Waals surface area contributed by atoms with Gasteiger partial charge in [0, 0.05) is 30.9 Å². The Morgan fingerprint density at radius 2 is 1.73 bits per heavy atom. The number of carboxylic acid groups (broad SMARTS) is 1. The second-order valence-corrected chi connectivity index (χ2v) is 12.1. The van der Waals surface area contributed by atoms with E-state index < -0.39 is 27.4 Å². The van der Waals surface area contributed by atoms with E-state index in [1.165, 1.54) is 22.5 Å². The minimum absolute atomic E-state index is 0.0813. The zero-order chi connectivity index (χ0) is 26.3. The molecule has 1 N–H and O–H groups in total. The van der Waals surface area contributed by atoms with E-state index in [0.717, 1.165) is 43.9 Å².